The molecule has 0 radical (unpaired) electrons. The summed E-state index contributed by atoms with van der Waals surface area (Å²) in [6.07, 6.45) is 5.34. The third-order valence-corrected chi connectivity index (χ3v) is 8.80. The predicted molar refractivity (Wildman–Crippen MR) is 147 cm³/mol. The van der Waals surface area contributed by atoms with Crippen LogP contribution in [0.5, 0.6) is 5.75 Å². The Kier molecular flexibility index (Phi) is 6.80. The summed E-state index contributed by atoms with van der Waals surface area (Å²) >= 11 is 0. The van der Waals surface area contributed by atoms with Crippen LogP contribution in [0.15, 0.2) is 40.9 Å². The van der Waals surface area contributed by atoms with Crippen LogP contribution in [-0.2, 0) is 22.6 Å². The fourth-order valence-electron chi connectivity index (χ4n) is 6.95. The summed E-state index contributed by atoms with van der Waals surface area (Å²) in [6.45, 7) is 1.92. The van der Waals surface area contributed by atoms with Crippen molar-refractivity contribution in [3.8, 4) is 5.75 Å². The Morgan fingerprint density at radius 3 is 2.42 bits per heavy atom. The molecule has 3 aliphatic carbocycles. The fourth-order valence-corrected chi connectivity index (χ4v) is 6.95. The molecule has 0 unspecified atom stereocenters. The van der Waals surface area contributed by atoms with Gasteiger partial charge in [0.15, 0.2) is 11.4 Å². The molecule has 11 heteroatoms. The molecule has 0 aromatic heterocycles. The van der Waals surface area contributed by atoms with E-state index in [9.17, 15) is 34.8 Å². The van der Waals surface area contributed by atoms with Crippen molar-refractivity contribution in [1.29, 1.82) is 0 Å². The number of primary amides is 1. The van der Waals surface area contributed by atoms with Gasteiger partial charge >= 0.3 is 0 Å². The van der Waals surface area contributed by atoms with Crippen molar-refractivity contribution in [2.45, 2.75) is 37.5 Å². The molecule has 1 amide bonds. The summed E-state index contributed by atoms with van der Waals surface area (Å²) in [5.41, 5.74) is 3.74. The van der Waals surface area contributed by atoms with Gasteiger partial charge < -0.3 is 31.1 Å². The Hall–Kier alpha value is -3.67. The van der Waals surface area contributed by atoms with Crippen LogP contribution in [0.1, 0.15) is 34.3 Å². The number of amides is 1. The van der Waals surface area contributed by atoms with Crippen LogP contribution in [0.4, 0.5) is 5.69 Å². The standard InChI is InChI=1S/C29H36N4O7/c1-31(2)18-12-15(13-33-8-6-5-7-9-33)23(34)20-16(18)10-14-11-17-22(32(3)4)25(36)21(28(30)39)27(38)29(17,40)26(37)19(14)24(20)35/h5-6,12,14,17,22,34,36-37,40H,7-11,13H2,1-4H3,(H2,30,39)/t14-,17-,22+,29-/m0/s1. The molecular formula is C29H36N4O7. The maximum atomic E-state index is 14.1. The molecule has 4 atom stereocenters. The van der Waals surface area contributed by atoms with E-state index in [1.54, 1.807) is 14.1 Å². The second-order valence-electron chi connectivity index (χ2n) is 11.6. The molecule has 1 aliphatic heterocycles. The third kappa shape index (κ3) is 3.94. The Labute approximate surface area is 232 Å². The molecular weight excluding hydrogens is 516 g/mol. The largest absolute Gasteiger partial charge is 0.510 e. The molecule has 0 saturated heterocycles. The number of phenolic OH excluding ortho intramolecular Hbond substituents is 1. The average molecular weight is 553 g/mol. The summed E-state index contributed by atoms with van der Waals surface area (Å²) in [6, 6.07) is 0.863. The quantitative estimate of drug-likeness (QED) is 0.262. The SMILES string of the molecule is CN(C)c1cc(CN2CC=CCC2)c(O)c2c1C[C@H]1C[C@H]3[C@@H](N(C)C)C(O)=C(C(N)=O)C(=O)[C@@]3(O)C(O)=C1C2=O. The number of carbonyl (C=O) groups is 3. The van der Waals surface area contributed by atoms with Crippen molar-refractivity contribution in [1.82, 2.24) is 9.80 Å². The molecule has 4 aliphatic rings. The number of hydrogen-bond donors (Lipinski definition) is 5. The number of nitrogens with two attached hydrogens (primary N) is 1. The number of aromatic hydroxyl groups is 1. The normalized spacial score (nSPS) is 28.5. The molecule has 0 fully saturated rings. The first-order valence-corrected chi connectivity index (χ1v) is 13.4. The van der Waals surface area contributed by atoms with E-state index in [2.05, 4.69) is 17.1 Å². The molecule has 40 heavy (non-hydrogen) atoms. The highest BCUT2D eigenvalue weighted by molar-refractivity contribution is 6.24. The van der Waals surface area contributed by atoms with E-state index in [1.165, 1.54) is 4.90 Å². The highest BCUT2D eigenvalue weighted by Crippen LogP contribution is 2.53. The Bertz CT molecular complexity index is 1410. The van der Waals surface area contributed by atoms with E-state index in [0.29, 0.717) is 24.2 Å². The average Bonchev–Trinajstić information content (AvgIpc) is 2.87. The number of allylic oxidation sites excluding steroid dienone is 1. The number of anilines is 1. The van der Waals surface area contributed by atoms with Crippen molar-refractivity contribution in [3.05, 3.63) is 57.6 Å². The van der Waals surface area contributed by atoms with Crippen LogP contribution in [0, 0.1) is 11.8 Å². The number of phenols is 1. The van der Waals surface area contributed by atoms with E-state index in [-0.39, 0.29) is 29.7 Å². The van der Waals surface area contributed by atoms with Crippen LogP contribution >= 0.6 is 0 Å². The second-order valence-corrected chi connectivity index (χ2v) is 11.6. The van der Waals surface area contributed by atoms with E-state index in [1.807, 2.05) is 25.1 Å². The first kappa shape index (κ1) is 27.9. The van der Waals surface area contributed by atoms with Gasteiger partial charge in [0, 0.05) is 56.5 Å². The third-order valence-electron chi connectivity index (χ3n) is 8.80. The number of nitrogens with zero attached hydrogens (tertiary/aromatic N) is 3. The monoisotopic (exact) mass is 552 g/mol. The first-order valence-electron chi connectivity index (χ1n) is 13.4. The van der Waals surface area contributed by atoms with Crippen LogP contribution in [0.3, 0.4) is 0 Å². The highest BCUT2D eigenvalue weighted by atomic mass is 16.3. The Morgan fingerprint density at radius 2 is 1.85 bits per heavy atom. The molecule has 1 aromatic rings. The molecule has 0 bridgehead atoms. The Balaban J connectivity index is 1.68. The van der Waals surface area contributed by atoms with Crippen LogP contribution in [-0.4, -0.2) is 101 Å². The fraction of sp³-hybridized carbons (Fsp3) is 0.483. The van der Waals surface area contributed by atoms with E-state index in [0.717, 1.165) is 18.7 Å². The van der Waals surface area contributed by atoms with Gasteiger partial charge in [0.25, 0.3) is 5.91 Å². The van der Waals surface area contributed by atoms with Crippen LogP contribution in [0.25, 0.3) is 0 Å². The molecule has 1 heterocycles. The summed E-state index contributed by atoms with van der Waals surface area (Å²) < 4.78 is 0. The van der Waals surface area contributed by atoms with Gasteiger partial charge in [-0.2, -0.15) is 0 Å². The number of aliphatic hydroxyl groups is 3. The van der Waals surface area contributed by atoms with Crippen LogP contribution < -0.4 is 10.6 Å². The highest BCUT2D eigenvalue weighted by Gasteiger charge is 2.63. The zero-order chi connectivity index (χ0) is 29.3. The van der Waals surface area contributed by atoms with Crippen molar-refractivity contribution >= 4 is 23.2 Å². The number of likely N-dealkylation sites (N-methyl/N-ethyl adjacent to an activating group) is 1. The maximum absolute atomic E-state index is 14.1. The minimum atomic E-state index is -2.65. The number of benzene rings is 1. The molecule has 1 aromatic carbocycles. The van der Waals surface area contributed by atoms with E-state index < -0.39 is 58.0 Å². The van der Waals surface area contributed by atoms with Crippen molar-refractivity contribution in [2.24, 2.45) is 17.6 Å². The maximum Gasteiger partial charge on any atom is 0.255 e. The number of carbonyl (C=O) groups excluding carboxylic acids is 3. The summed E-state index contributed by atoms with van der Waals surface area (Å²) in [4.78, 5) is 45.3. The van der Waals surface area contributed by atoms with Gasteiger partial charge in [-0.05, 0) is 50.9 Å². The minimum Gasteiger partial charge on any atom is -0.510 e. The van der Waals surface area contributed by atoms with Gasteiger partial charge in [0.2, 0.25) is 5.78 Å². The van der Waals surface area contributed by atoms with Gasteiger partial charge in [-0.1, -0.05) is 12.2 Å². The van der Waals surface area contributed by atoms with E-state index in [4.69, 9.17) is 5.73 Å². The zero-order valence-electron chi connectivity index (χ0n) is 23.1. The molecule has 0 saturated carbocycles. The molecule has 11 nitrogen and oxygen atoms in total. The molecule has 5 rings (SSSR count). The Morgan fingerprint density at radius 1 is 1.15 bits per heavy atom. The summed E-state index contributed by atoms with van der Waals surface area (Å²) in [7, 11) is 6.91. The van der Waals surface area contributed by atoms with Crippen molar-refractivity contribution < 1.29 is 34.8 Å². The van der Waals surface area contributed by atoms with Gasteiger partial charge in [-0.25, -0.2) is 0 Å². The number of rotatable bonds is 5. The molecule has 6 N–H and O–H groups in total. The van der Waals surface area contributed by atoms with Gasteiger partial charge in [-0.15, -0.1) is 0 Å². The lowest BCUT2D eigenvalue weighted by Crippen LogP contribution is -2.63. The lowest BCUT2D eigenvalue weighted by Gasteiger charge is -2.50. The topological polar surface area (TPSA) is 168 Å². The van der Waals surface area contributed by atoms with Crippen molar-refractivity contribution in [3.63, 3.8) is 0 Å². The smallest absolute Gasteiger partial charge is 0.255 e. The first-order chi connectivity index (χ1) is 18.8. The predicted octanol–water partition coefficient (Wildman–Crippen LogP) is 0.949. The molecule has 214 valence electrons. The van der Waals surface area contributed by atoms with Crippen LogP contribution in [0.2, 0.25) is 0 Å². The van der Waals surface area contributed by atoms with Gasteiger partial charge in [0.05, 0.1) is 11.6 Å². The van der Waals surface area contributed by atoms with Crippen molar-refractivity contribution in [2.75, 3.05) is 46.2 Å². The van der Waals surface area contributed by atoms with E-state index >= 15 is 0 Å². The van der Waals surface area contributed by atoms with Gasteiger partial charge in [0.1, 0.15) is 22.8 Å². The summed E-state index contributed by atoms with van der Waals surface area (Å²) in [5.74, 6) is -6.46. The number of fused-ring (bicyclic) bond motifs is 3. The number of ketones is 2. The summed E-state index contributed by atoms with van der Waals surface area (Å²) in [5, 5.41) is 45.6. The number of hydrogen-bond acceptors (Lipinski definition) is 10. The second kappa shape index (κ2) is 9.76. The lowest BCUT2D eigenvalue weighted by atomic mass is 9.58. The number of aliphatic hydroxyl groups excluding tert-OH is 2. The minimum absolute atomic E-state index is 0.0366. The van der Waals surface area contributed by atoms with Gasteiger partial charge in [-0.3, -0.25) is 24.2 Å². The molecule has 0 spiro atoms. The zero-order valence-corrected chi connectivity index (χ0v) is 23.1. The lowest BCUT2D eigenvalue weighted by molar-refractivity contribution is -0.148. The number of Topliss-reactive ketones (excluding diaryl/α,β-unsaturated/α-hetero) is 2.